The first-order valence-corrected chi connectivity index (χ1v) is 6.60. The first-order chi connectivity index (χ1) is 8.88. The van der Waals surface area contributed by atoms with Crippen LogP contribution in [0.3, 0.4) is 0 Å². The van der Waals surface area contributed by atoms with Gasteiger partial charge in [-0.2, -0.15) is 8.42 Å². The number of hydrogen-bond acceptors (Lipinski definition) is 5. The number of aromatic nitrogens is 3. The zero-order valence-corrected chi connectivity index (χ0v) is 10.6. The highest BCUT2D eigenvalue weighted by atomic mass is 32.2. The van der Waals surface area contributed by atoms with Gasteiger partial charge in [-0.25, -0.2) is 14.8 Å². The van der Waals surface area contributed by atoms with Crippen LogP contribution in [0, 0.1) is 6.92 Å². The third-order valence-corrected chi connectivity index (χ3v) is 3.48. The molecule has 0 radical (unpaired) electrons. The van der Waals surface area contributed by atoms with Crippen molar-refractivity contribution in [3.63, 3.8) is 0 Å². The quantitative estimate of drug-likeness (QED) is 0.754. The Labute approximate surface area is 108 Å². The van der Waals surface area contributed by atoms with Gasteiger partial charge in [0, 0.05) is 6.20 Å². The lowest BCUT2D eigenvalue weighted by atomic mass is 10.3. The van der Waals surface area contributed by atoms with Gasteiger partial charge in [-0.3, -0.25) is 4.72 Å². The number of rotatable bonds is 4. The van der Waals surface area contributed by atoms with Gasteiger partial charge in [0.2, 0.25) is 0 Å². The number of nitrogens with one attached hydrogen (secondary N) is 2. The number of carbonyl (C=O) groups is 1. The molecule has 0 atom stereocenters. The normalized spacial score (nSPS) is 11.2. The van der Waals surface area contributed by atoms with Crippen LogP contribution in [0.4, 0.5) is 5.82 Å². The van der Waals surface area contributed by atoms with Crippen LogP contribution in [0.15, 0.2) is 29.6 Å². The number of hydrogen-bond donors (Lipinski definition) is 3. The lowest BCUT2D eigenvalue weighted by Gasteiger charge is -2.05. The summed E-state index contributed by atoms with van der Waals surface area (Å²) in [6.45, 7) is 1.62. The minimum absolute atomic E-state index is 0.0252. The molecule has 9 heteroatoms. The second-order valence-corrected chi connectivity index (χ2v) is 5.33. The van der Waals surface area contributed by atoms with Gasteiger partial charge in [-0.15, -0.1) is 0 Å². The summed E-state index contributed by atoms with van der Waals surface area (Å²) in [5, 5.41) is 8.61. The Bertz CT molecular complexity index is 705. The van der Waals surface area contributed by atoms with Crippen molar-refractivity contribution in [2.24, 2.45) is 0 Å². The number of anilines is 1. The number of aromatic carboxylic acids is 1. The molecule has 2 aromatic rings. The molecule has 0 aliphatic rings. The highest BCUT2D eigenvalue weighted by molar-refractivity contribution is 7.92. The van der Waals surface area contributed by atoms with Crippen LogP contribution in [0.25, 0.3) is 0 Å². The topological polar surface area (TPSA) is 125 Å². The molecule has 2 heterocycles. The van der Waals surface area contributed by atoms with Crippen LogP contribution in [0.2, 0.25) is 0 Å². The Balaban J connectivity index is 2.23. The van der Waals surface area contributed by atoms with Gasteiger partial charge in [-0.1, -0.05) is 0 Å². The number of imidazole rings is 1. The molecule has 0 amide bonds. The molecular formula is C10H10N4O4S. The lowest BCUT2D eigenvalue weighted by molar-refractivity contribution is 0.0696. The molecule has 0 unspecified atom stereocenters. The van der Waals surface area contributed by atoms with Crippen molar-refractivity contribution in [3.8, 4) is 0 Å². The monoisotopic (exact) mass is 282 g/mol. The number of aryl methyl sites for hydroxylation is 1. The van der Waals surface area contributed by atoms with E-state index in [1.54, 1.807) is 6.92 Å². The first-order valence-electron chi connectivity index (χ1n) is 5.12. The molecule has 2 rings (SSSR count). The average molecular weight is 282 g/mol. The maximum Gasteiger partial charge on any atom is 0.337 e. The molecule has 0 aromatic carbocycles. The Morgan fingerprint density at radius 2 is 2.05 bits per heavy atom. The van der Waals surface area contributed by atoms with E-state index in [0.29, 0.717) is 5.82 Å². The SMILES string of the molecule is Cc1ncc(S(=O)(=O)Nc2ccc(C(=O)O)cn2)[nH]1. The molecule has 3 N–H and O–H groups in total. The van der Waals surface area contributed by atoms with E-state index in [-0.39, 0.29) is 16.4 Å². The summed E-state index contributed by atoms with van der Waals surface area (Å²) in [7, 11) is -3.80. The first kappa shape index (κ1) is 13.0. The van der Waals surface area contributed by atoms with Crippen molar-refractivity contribution in [3.05, 3.63) is 35.9 Å². The fourth-order valence-electron chi connectivity index (χ4n) is 1.31. The van der Waals surface area contributed by atoms with Crippen molar-refractivity contribution in [2.45, 2.75) is 11.9 Å². The summed E-state index contributed by atoms with van der Waals surface area (Å²) in [4.78, 5) is 20.7. The molecule has 8 nitrogen and oxygen atoms in total. The molecule has 0 aliphatic heterocycles. The number of H-pyrrole nitrogens is 1. The van der Waals surface area contributed by atoms with Crippen LogP contribution < -0.4 is 4.72 Å². The number of nitrogens with zero attached hydrogens (tertiary/aromatic N) is 2. The van der Waals surface area contributed by atoms with E-state index in [2.05, 4.69) is 19.7 Å². The number of aromatic amines is 1. The van der Waals surface area contributed by atoms with E-state index in [1.165, 1.54) is 18.3 Å². The fourth-order valence-corrected chi connectivity index (χ4v) is 2.29. The summed E-state index contributed by atoms with van der Waals surface area (Å²) in [5.41, 5.74) is -0.0275. The molecular weight excluding hydrogens is 272 g/mol. The zero-order chi connectivity index (χ0) is 14.0. The van der Waals surface area contributed by atoms with Gasteiger partial charge in [0.15, 0.2) is 5.03 Å². The maximum atomic E-state index is 11.9. The van der Waals surface area contributed by atoms with E-state index < -0.39 is 16.0 Å². The number of carboxylic acid groups (broad SMARTS) is 1. The molecule has 100 valence electrons. The van der Waals surface area contributed by atoms with Gasteiger partial charge >= 0.3 is 5.97 Å². The Morgan fingerprint density at radius 1 is 1.32 bits per heavy atom. The highest BCUT2D eigenvalue weighted by Gasteiger charge is 2.17. The highest BCUT2D eigenvalue weighted by Crippen LogP contribution is 2.12. The summed E-state index contributed by atoms with van der Waals surface area (Å²) in [6.07, 6.45) is 2.25. The minimum atomic E-state index is -3.80. The van der Waals surface area contributed by atoms with Gasteiger partial charge in [0.05, 0.1) is 11.8 Å². The summed E-state index contributed by atoms with van der Waals surface area (Å²) >= 11 is 0. The Hall–Kier alpha value is -2.42. The molecule has 0 saturated carbocycles. The van der Waals surface area contributed by atoms with E-state index in [0.717, 1.165) is 6.20 Å². The van der Waals surface area contributed by atoms with Gasteiger partial charge in [0.1, 0.15) is 11.6 Å². The molecule has 0 aliphatic carbocycles. The van der Waals surface area contributed by atoms with E-state index in [9.17, 15) is 13.2 Å². The average Bonchev–Trinajstić information content (AvgIpc) is 2.77. The van der Waals surface area contributed by atoms with E-state index in [4.69, 9.17) is 5.11 Å². The second kappa shape index (κ2) is 4.69. The smallest absolute Gasteiger partial charge is 0.337 e. The van der Waals surface area contributed by atoms with Crippen molar-refractivity contribution >= 4 is 21.8 Å². The third-order valence-electron chi connectivity index (χ3n) is 2.22. The molecule has 0 bridgehead atoms. The zero-order valence-electron chi connectivity index (χ0n) is 9.78. The molecule has 2 aromatic heterocycles. The standard InChI is InChI=1S/C10H10N4O4S/c1-6-11-5-9(13-6)19(17,18)14-8-3-2-7(4-12-8)10(15)16/h2-5H,1H3,(H,11,13)(H,12,14)(H,15,16). The Morgan fingerprint density at radius 3 is 2.53 bits per heavy atom. The largest absolute Gasteiger partial charge is 0.478 e. The van der Waals surface area contributed by atoms with Crippen LogP contribution in [0.1, 0.15) is 16.2 Å². The predicted octanol–water partition coefficient (Wildman–Crippen LogP) is 0.612. The maximum absolute atomic E-state index is 11.9. The van der Waals surface area contributed by atoms with E-state index in [1.807, 2.05) is 0 Å². The molecule has 0 saturated heterocycles. The molecule has 0 spiro atoms. The van der Waals surface area contributed by atoms with Crippen molar-refractivity contribution in [1.82, 2.24) is 15.0 Å². The van der Waals surface area contributed by atoms with Crippen LogP contribution in [0.5, 0.6) is 0 Å². The summed E-state index contributed by atoms with van der Waals surface area (Å²) in [6, 6.07) is 2.52. The predicted molar refractivity (Wildman–Crippen MR) is 65.3 cm³/mol. The number of carboxylic acids is 1. The van der Waals surface area contributed by atoms with Crippen LogP contribution >= 0.6 is 0 Å². The van der Waals surface area contributed by atoms with Gasteiger partial charge in [0.25, 0.3) is 10.0 Å². The molecule has 0 fully saturated rings. The lowest BCUT2D eigenvalue weighted by Crippen LogP contribution is -2.14. The molecule has 19 heavy (non-hydrogen) atoms. The van der Waals surface area contributed by atoms with E-state index >= 15 is 0 Å². The van der Waals surface area contributed by atoms with Crippen LogP contribution in [-0.2, 0) is 10.0 Å². The minimum Gasteiger partial charge on any atom is -0.478 e. The number of pyridine rings is 1. The summed E-state index contributed by atoms with van der Waals surface area (Å²) in [5.74, 6) is -0.641. The van der Waals surface area contributed by atoms with Crippen molar-refractivity contribution in [2.75, 3.05) is 4.72 Å². The van der Waals surface area contributed by atoms with Gasteiger partial charge in [-0.05, 0) is 19.1 Å². The van der Waals surface area contributed by atoms with Crippen molar-refractivity contribution in [1.29, 1.82) is 0 Å². The summed E-state index contributed by atoms with van der Waals surface area (Å²) < 4.78 is 26.0. The third kappa shape index (κ3) is 2.88. The number of sulfonamides is 1. The van der Waals surface area contributed by atoms with Gasteiger partial charge < -0.3 is 10.1 Å². The second-order valence-electron chi connectivity index (χ2n) is 3.68. The fraction of sp³-hybridized carbons (Fsp3) is 0.100. The van der Waals surface area contributed by atoms with Crippen molar-refractivity contribution < 1.29 is 18.3 Å². The Kier molecular flexibility index (Phi) is 3.21. The van der Waals surface area contributed by atoms with Crippen LogP contribution in [-0.4, -0.2) is 34.4 Å².